The van der Waals surface area contributed by atoms with Gasteiger partial charge in [-0.3, -0.25) is 19.2 Å². The van der Waals surface area contributed by atoms with Crippen molar-refractivity contribution in [1.29, 1.82) is 0 Å². The van der Waals surface area contributed by atoms with Crippen molar-refractivity contribution in [2.75, 3.05) is 14.2 Å². The first kappa shape index (κ1) is 22.8. The van der Waals surface area contributed by atoms with Crippen molar-refractivity contribution >= 4 is 35.1 Å². The number of Topliss-reactive ketones (excluding diaryl/α,β-unsaturated/α-hetero) is 4. The Morgan fingerprint density at radius 2 is 0.941 bits per heavy atom. The summed E-state index contributed by atoms with van der Waals surface area (Å²) in [6.07, 6.45) is -3.28. The average molecular weight is 466 g/mol. The van der Waals surface area contributed by atoms with Gasteiger partial charge in [0.1, 0.15) is 23.3 Å². The van der Waals surface area contributed by atoms with Crippen LogP contribution in [-0.2, 0) is 28.7 Å². The predicted molar refractivity (Wildman–Crippen MR) is 111 cm³/mol. The van der Waals surface area contributed by atoms with Crippen LogP contribution in [0.2, 0.25) is 0 Å². The minimum absolute atomic E-state index is 0.0659. The molecule has 0 saturated carbocycles. The van der Waals surface area contributed by atoms with Crippen LogP contribution in [0.1, 0.15) is 20.7 Å². The maximum atomic E-state index is 13.1. The molecule has 2 fully saturated rings. The van der Waals surface area contributed by atoms with E-state index in [9.17, 15) is 28.8 Å². The second kappa shape index (κ2) is 8.89. The quantitative estimate of drug-likeness (QED) is 0.251. The molecular formula is C24H18O10. The molecule has 0 N–H and O–H groups in total. The summed E-state index contributed by atoms with van der Waals surface area (Å²) in [5.41, 5.74) is 0.132. The summed E-state index contributed by atoms with van der Waals surface area (Å²) in [5, 5.41) is 0. The van der Waals surface area contributed by atoms with Gasteiger partial charge in [0.2, 0.25) is 0 Å². The van der Waals surface area contributed by atoms with Crippen molar-refractivity contribution in [3.63, 3.8) is 0 Å². The molecule has 174 valence electrons. The van der Waals surface area contributed by atoms with Crippen LogP contribution in [-0.4, -0.2) is 61.5 Å². The zero-order valence-corrected chi connectivity index (χ0v) is 18.0. The van der Waals surface area contributed by atoms with E-state index in [-0.39, 0.29) is 11.1 Å². The first-order valence-corrected chi connectivity index (χ1v) is 10.1. The van der Waals surface area contributed by atoms with E-state index in [1.54, 1.807) is 0 Å². The number of hydrogen-bond acceptors (Lipinski definition) is 10. The van der Waals surface area contributed by atoms with E-state index in [4.69, 9.17) is 18.9 Å². The van der Waals surface area contributed by atoms with Crippen LogP contribution in [0, 0.1) is 11.8 Å². The fourth-order valence-corrected chi connectivity index (χ4v) is 3.97. The summed E-state index contributed by atoms with van der Waals surface area (Å²) in [7, 11) is 2.87. The monoisotopic (exact) mass is 466 g/mol. The number of benzene rings is 2. The average Bonchev–Trinajstić information content (AvgIpc) is 3.32. The maximum Gasteiger partial charge on any atom is 0.376 e. The molecular weight excluding hydrogens is 448 g/mol. The second-order valence-electron chi connectivity index (χ2n) is 7.61. The van der Waals surface area contributed by atoms with E-state index in [1.807, 2.05) is 0 Å². The number of esters is 2. The first-order chi connectivity index (χ1) is 16.3. The smallest absolute Gasteiger partial charge is 0.376 e. The fraction of sp³-hybridized carbons (Fsp3) is 0.250. The van der Waals surface area contributed by atoms with E-state index in [1.165, 1.54) is 62.8 Å². The number of methoxy groups -OCH3 is 2. The summed E-state index contributed by atoms with van der Waals surface area (Å²) in [6, 6.07) is 11.5. The third-order valence-electron chi connectivity index (χ3n) is 5.75. The molecule has 2 aromatic carbocycles. The maximum absolute atomic E-state index is 13.1. The van der Waals surface area contributed by atoms with Crippen LogP contribution >= 0.6 is 0 Å². The summed E-state index contributed by atoms with van der Waals surface area (Å²) < 4.78 is 20.2. The molecule has 2 aliphatic heterocycles. The number of ketones is 4. The number of hydrogen-bond donors (Lipinski definition) is 0. The molecule has 0 bridgehead atoms. The zero-order chi connectivity index (χ0) is 24.6. The molecule has 0 radical (unpaired) electrons. The van der Waals surface area contributed by atoms with E-state index in [2.05, 4.69) is 0 Å². The molecule has 34 heavy (non-hydrogen) atoms. The second-order valence-corrected chi connectivity index (χ2v) is 7.61. The molecule has 2 heterocycles. The van der Waals surface area contributed by atoms with Gasteiger partial charge in [0.25, 0.3) is 11.6 Å². The first-order valence-electron chi connectivity index (χ1n) is 10.1. The van der Waals surface area contributed by atoms with Crippen molar-refractivity contribution in [1.82, 2.24) is 0 Å². The lowest BCUT2D eigenvalue weighted by atomic mass is 9.81. The standard InChI is InChI=1S/C24H18O10/c1-31-13-7-3-11(4-8-13)17(25)15-19(27)23(29)33-21(15)22-16(20(28)24(30)34-22)18(26)12-5-9-14(32-2)10-6-12/h3-10,15-16,21-22H,1-2H3/t15-,16+,21-,22-/m0/s1. The number of ether oxygens (including phenoxy) is 4. The van der Waals surface area contributed by atoms with Crippen LogP contribution in [0.25, 0.3) is 0 Å². The van der Waals surface area contributed by atoms with E-state index in [0.717, 1.165) is 0 Å². The molecule has 2 aromatic rings. The molecule has 10 nitrogen and oxygen atoms in total. The molecule has 0 amide bonds. The van der Waals surface area contributed by atoms with Gasteiger partial charge in [0.15, 0.2) is 23.8 Å². The minimum Gasteiger partial charge on any atom is -0.497 e. The van der Waals surface area contributed by atoms with Gasteiger partial charge in [-0.2, -0.15) is 0 Å². The number of cyclic esters (lactones) is 2. The largest absolute Gasteiger partial charge is 0.497 e. The van der Waals surface area contributed by atoms with E-state index < -0.39 is 59.1 Å². The highest BCUT2D eigenvalue weighted by Crippen LogP contribution is 2.35. The highest BCUT2D eigenvalue weighted by Gasteiger charge is 2.60. The highest BCUT2D eigenvalue weighted by atomic mass is 16.6. The lowest BCUT2D eigenvalue weighted by Gasteiger charge is -2.24. The normalized spacial score (nSPS) is 23.9. The Morgan fingerprint density at radius 3 is 1.24 bits per heavy atom. The Morgan fingerprint density at radius 1 is 0.618 bits per heavy atom. The fourth-order valence-electron chi connectivity index (χ4n) is 3.97. The Hall–Kier alpha value is -4.34. The molecule has 10 heteroatoms. The Labute approximate surface area is 192 Å². The number of rotatable bonds is 7. The van der Waals surface area contributed by atoms with Crippen LogP contribution in [0.4, 0.5) is 0 Å². The Balaban J connectivity index is 1.68. The SMILES string of the molecule is COc1ccc(C(=O)[C@H]2C(=O)C(=O)O[C@@H]2[C@H]2OC(=O)C(=O)[C@H]2C(=O)c2ccc(OC)cc2)cc1. The van der Waals surface area contributed by atoms with Crippen LogP contribution in [0.5, 0.6) is 11.5 Å². The van der Waals surface area contributed by atoms with Gasteiger partial charge >= 0.3 is 11.9 Å². The van der Waals surface area contributed by atoms with E-state index >= 15 is 0 Å². The third-order valence-corrected chi connectivity index (χ3v) is 5.75. The summed E-state index contributed by atoms with van der Waals surface area (Å²) in [4.78, 5) is 75.6. The van der Waals surface area contributed by atoms with Crippen molar-refractivity contribution in [3.8, 4) is 11.5 Å². The van der Waals surface area contributed by atoms with Crippen molar-refractivity contribution in [3.05, 3.63) is 59.7 Å². The Bertz CT molecular complexity index is 1100. The predicted octanol–water partition coefficient (Wildman–Crippen LogP) is 0.991. The van der Waals surface area contributed by atoms with Gasteiger partial charge in [-0.1, -0.05) is 0 Å². The van der Waals surface area contributed by atoms with Crippen LogP contribution < -0.4 is 9.47 Å². The molecule has 0 unspecified atom stereocenters. The van der Waals surface area contributed by atoms with Gasteiger partial charge in [-0.05, 0) is 48.5 Å². The van der Waals surface area contributed by atoms with Crippen molar-refractivity contribution in [2.24, 2.45) is 11.8 Å². The summed E-state index contributed by atoms with van der Waals surface area (Å²) in [6.45, 7) is 0. The summed E-state index contributed by atoms with van der Waals surface area (Å²) in [5.74, 6) is -8.99. The molecule has 2 saturated heterocycles. The molecule has 0 aliphatic carbocycles. The van der Waals surface area contributed by atoms with Gasteiger partial charge in [-0.25, -0.2) is 9.59 Å². The summed E-state index contributed by atoms with van der Waals surface area (Å²) >= 11 is 0. The number of carbonyl (C=O) groups excluding carboxylic acids is 6. The topological polar surface area (TPSA) is 139 Å². The van der Waals surface area contributed by atoms with Crippen molar-refractivity contribution < 1.29 is 47.7 Å². The highest BCUT2D eigenvalue weighted by molar-refractivity contribution is 6.43. The lowest BCUT2D eigenvalue weighted by molar-refractivity contribution is -0.157. The van der Waals surface area contributed by atoms with Gasteiger partial charge in [0.05, 0.1) is 14.2 Å². The van der Waals surface area contributed by atoms with Gasteiger partial charge < -0.3 is 18.9 Å². The minimum atomic E-state index is -1.70. The molecule has 2 aliphatic rings. The number of carbonyl (C=O) groups is 6. The van der Waals surface area contributed by atoms with E-state index in [0.29, 0.717) is 11.5 Å². The molecule has 0 spiro atoms. The van der Waals surface area contributed by atoms with Gasteiger partial charge in [0, 0.05) is 11.1 Å². The lowest BCUT2D eigenvalue weighted by Crippen LogP contribution is -2.44. The Kier molecular flexibility index (Phi) is 5.97. The van der Waals surface area contributed by atoms with Gasteiger partial charge in [-0.15, -0.1) is 0 Å². The van der Waals surface area contributed by atoms with Crippen LogP contribution in [0.3, 0.4) is 0 Å². The molecule has 4 atom stereocenters. The molecule has 4 rings (SSSR count). The third kappa shape index (κ3) is 3.83. The zero-order valence-electron chi connectivity index (χ0n) is 18.0. The molecule has 0 aromatic heterocycles. The van der Waals surface area contributed by atoms with Crippen LogP contribution in [0.15, 0.2) is 48.5 Å². The van der Waals surface area contributed by atoms with Crippen molar-refractivity contribution in [2.45, 2.75) is 12.2 Å².